The Bertz CT molecular complexity index is 1110. The molecule has 0 unspecified atom stereocenters. The molecule has 0 spiro atoms. The van der Waals surface area contributed by atoms with Crippen LogP contribution in [0.5, 0.6) is 5.75 Å². The molecule has 2 amide bonds. The number of carbonyl (C=O) groups excluding carboxylic acids is 2. The molecule has 4 rings (SSSR count). The van der Waals surface area contributed by atoms with E-state index in [0.717, 1.165) is 50.0 Å². The highest BCUT2D eigenvalue weighted by atomic mass is 35.5. The van der Waals surface area contributed by atoms with Crippen LogP contribution in [0.1, 0.15) is 63.6 Å². The molecule has 0 aromatic carbocycles. The Balaban J connectivity index is 1.26. The molecule has 2 aromatic heterocycles. The molecule has 0 atom stereocenters. The van der Waals surface area contributed by atoms with Gasteiger partial charge in [-0.05, 0) is 65.1 Å². The predicted molar refractivity (Wildman–Crippen MR) is 147 cm³/mol. The lowest BCUT2D eigenvalue weighted by molar-refractivity contribution is -0.115. The molecule has 206 valence electrons. The van der Waals surface area contributed by atoms with Crippen LogP contribution in [0.3, 0.4) is 0 Å². The molecule has 0 saturated carbocycles. The number of rotatable bonds is 6. The summed E-state index contributed by atoms with van der Waals surface area (Å²) in [5.41, 5.74) is 1.30. The molecule has 0 bridgehead atoms. The second-order valence-electron chi connectivity index (χ2n) is 11.2. The van der Waals surface area contributed by atoms with Gasteiger partial charge in [0.05, 0.1) is 12.6 Å². The van der Waals surface area contributed by atoms with E-state index < -0.39 is 5.60 Å². The molecule has 4 heterocycles. The van der Waals surface area contributed by atoms with Gasteiger partial charge < -0.3 is 24.6 Å². The van der Waals surface area contributed by atoms with Gasteiger partial charge in [-0.15, -0.1) is 0 Å². The van der Waals surface area contributed by atoms with Crippen LogP contribution < -0.4 is 10.1 Å². The first kappa shape index (κ1) is 28.1. The Morgan fingerprint density at radius 3 is 2.39 bits per heavy atom. The lowest BCUT2D eigenvalue weighted by Gasteiger charge is -2.33. The zero-order valence-corrected chi connectivity index (χ0v) is 23.5. The van der Waals surface area contributed by atoms with Crippen LogP contribution in [-0.2, 0) is 16.0 Å². The van der Waals surface area contributed by atoms with Crippen molar-refractivity contribution in [1.82, 2.24) is 19.8 Å². The summed E-state index contributed by atoms with van der Waals surface area (Å²) in [6.07, 6.45) is 6.80. The number of carbonyl (C=O) groups is 2. The predicted octanol–water partition coefficient (Wildman–Crippen LogP) is 4.90. The quantitative estimate of drug-likeness (QED) is 0.553. The number of aromatic nitrogens is 2. The van der Waals surface area contributed by atoms with Gasteiger partial charge in [0.15, 0.2) is 0 Å². The van der Waals surface area contributed by atoms with Crippen molar-refractivity contribution in [3.63, 3.8) is 0 Å². The molecule has 2 aliphatic heterocycles. The third kappa shape index (κ3) is 8.04. The summed E-state index contributed by atoms with van der Waals surface area (Å²) >= 11 is 6.29. The van der Waals surface area contributed by atoms with Crippen molar-refractivity contribution in [3.05, 3.63) is 46.9 Å². The van der Waals surface area contributed by atoms with E-state index in [0.29, 0.717) is 29.7 Å². The zero-order valence-electron chi connectivity index (χ0n) is 22.7. The number of pyridine rings is 2. The summed E-state index contributed by atoms with van der Waals surface area (Å²) in [5.74, 6) is 1.03. The van der Waals surface area contributed by atoms with Gasteiger partial charge in [-0.2, -0.15) is 0 Å². The summed E-state index contributed by atoms with van der Waals surface area (Å²) in [4.78, 5) is 37.9. The van der Waals surface area contributed by atoms with Crippen molar-refractivity contribution < 1.29 is 19.1 Å². The smallest absolute Gasteiger partial charge is 0.410 e. The Labute approximate surface area is 229 Å². The normalized spacial score (nSPS) is 17.8. The molecule has 10 heteroatoms. The molecule has 2 saturated heterocycles. The van der Waals surface area contributed by atoms with Crippen LogP contribution in [0.15, 0.2) is 30.6 Å². The molecule has 9 nitrogen and oxygen atoms in total. The highest BCUT2D eigenvalue weighted by Crippen LogP contribution is 2.30. The maximum atomic E-state index is 12.7. The van der Waals surface area contributed by atoms with Crippen molar-refractivity contribution >= 4 is 29.4 Å². The van der Waals surface area contributed by atoms with Crippen molar-refractivity contribution in [2.24, 2.45) is 0 Å². The number of halogens is 1. The first-order valence-electron chi connectivity index (χ1n) is 13.3. The van der Waals surface area contributed by atoms with Crippen LogP contribution in [0.2, 0.25) is 5.02 Å². The summed E-state index contributed by atoms with van der Waals surface area (Å²) in [6, 6.07) is 5.60. The first-order valence-corrected chi connectivity index (χ1v) is 13.7. The number of nitrogens with one attached hydrogen (secondary N) is 1. The Morgan fingerprint density at radius 1 is 1.05 bits per heavy atom. The fraction of sp³-hybridized carbons (Fsp3) is 0.571. The number of amides is 2. The Kier molecular flexibility index (Phi) is 9.10. The molecule has 38 heavy (non-hydrogen) atoms. The molecule has 0 aliphatic carbocycles. The van der Waals surface area contributed by atoms with E-state index in [4.69, 9.17) is 21.1 Å². The summed E-state index contributed by atoms with van der Waals surface area (Å²) in [7, 11) is 2.10. The van der Waals surface area contributed by atoms with E-state index in [1.54, 1.807) is 17.2 Å². The average molecular weight is 544 g/mol. The minimum absolute atomic E-state index is 0.101. The molecule has 2 aromatic rings. The van der Waals surface area contributed by atoms with Crippen LogP contribution >= 0.6 is 11.6 Å². The maximum absolute atomic E-state index is 12.7. The van der Waals surface area contributed by atoms with Crippen molar-refractivity contribution in [2.45, 2.75) is 70.5 Å². The van der Waals surface area contributed by atoms with E-state index in [2.05, 4.69) is 27.2 Å². The third-order valence-electron chi connectivity index (χ3n) is 6.82. The minimum Gasteiger partial charge on any atom is -0.489 e. The molecule has 2 fully saturated rings. The number of hydrogen-bond acceptors (Lipinski definition) is 7. The molecular weight excluding hydrogens is 506 g/mol. The van der Waals surface area contributed by atoms with Gasteiger partial charge in [0, 0.05) is 50.1 Å². The standard InChI is InChI=1S/C28H38ClN5O4/c1-28(2,3)38-27(36)34-13-7-20(8-14-34)23-6-5-19(17-30-23)15-26(35)32-25-16-24(22(29)18-31-25)37-21-9-11-33(4)12-10-21/h5-6,16-18,20-21H,7-15H2,1-4H3,(H,31,32,35). The van der Waals surface area contributed by atoms with Crippen molar-refractivity contribution in [1.29, 1.82) is 0 Å². The molecule has 1 N–H and O–H groups in total. The Morgan fingerprint density at radius 2 is 1.76 bits per heavy atom. The largest absolute Gasteiger partial charge is 0.489 e. The van der Waals surface area contributed by atoms with Gasteiger partial charge in [0.25, 0.3) is 0 Å². The lowest BCUT2D eigenvalue weighted by atomic mass is 9.93. The molecule has 0 radical (unpaired) electrons. The highest BCUT2D eigenvalue weighted by Gasteiger charge is 2.28. The van der Waals surface area contributed by atoms with Crippen LogP contribution in [-0.4, -0.2) is 76.7 Å². The number of piperidine rings is 2. The van der Waals surface area contributed by atoms with Gasteiger partial charge in [-0.1, -0.05) is 17.7 Å². The minimum atomic E-state index is -0.496. The van der Waals surface area contributed by atoms with Gasteiger partial charge in [-0.25, -0.2) is 9.78 Å². The molecule has 2 aliphatic rings. The van der Waals surface area contributed by atoms with Crippen molar-refractivity contribution in [2.75, 3.05) is 38.5 Å². The SMILES string of the molecule is CN1CCC(Oc2cc(NC(=O)Cc3ccc(C4CCN(C(=O)OC(C)(C)C)CC4)nc3)ncc2Cl)CC1. The van der Waals surface area contributed by atoms with Crippen LogP contribution in [0, 0.1) is 0 Å². The second kappa shape index (κ2) is 12.3. The number of likely N-dealkylation sites (tertiary alicyclic amines) is 2. The number of anilines is 1. The van der Waals surface area contributed by atoms with Crippen LogP contribution in [0.25, 0.3) is 0 Å². The van der Waals surface area contributed by atoms with E-state index >= 15 is 0 Å². The van der Waals surface area contributed by atoms with E-state index in [1.165, 1.54) is 6.20 Å². The topological polar surface area (TPSA) is 96.9 Å². The summed E-state index contributed by atoms with van der Waals surface area (Å²) in [6.45, 7) is 8.87. The highest BCUT2D eigenvalue weighted by molar-refractivity contribution is 6.32. The number of nitrogens with zero attached hydrogens (tertiary/aromatic N) is 4. The average Bonchev–Trinajstić information content (AvgIpc) is 2.87. The van der Waals surface area contributed by atoms with Crippen molar-refractivity contribution in [3.8, 4) is 5.75 Å². The Hall–Kier alpha value is -2.91. The number of ether oxygens (including phenoxy) is 2. The zero-order chi connectivity index (χ0) is 27.3. The third-order valence-corrected chi connectivity index (χ3v) is 7.11. The number of hydrogen-bond donors (Lipinski definition) is 1. The second-order valence-corrected chi connectivity index (χ2v) is 11.6. The fourth-order valence-corrected chi connectivity index (χ4v) is 4.85. The monoisotopic (exact) mass is 543 g/mol. The first-order chi connectivity index (χ1) is 18.1. The van der Waals surface area contributed by atoms with E-state index in [1.807, 2.05) is 32.9 Å². The fourth-order valence-electron chi connectivity index (χ4n) is 4.70. The van der Waals surface area contributed by atoms with E-state index in [-0.39, 0.29) is 30.4 Å². The lowest BCUT2D eigenvalue weighted by Crippen LogP contribution is -2.41. The van der Waals surface area contributed by atoms with Crippen LogP contribution in [0.4, 0.5) is 10.6 Å². The van der Waals surface area contributed by atoms with Gasteiger partial charge in [0.1, 0.15) is 28.3 Å². The summed E-state index contributed by atoms with van der Waals surface area (Å²) in [5, 5.41) is 3.27. The molecular formula is C28H38ClN5O4. The van der Waals surface area contributed by atoms with Gasteiger partial charge >= 0.3 is 6.09 Å². The summed E-state index contributed by atoms with van der Waals surface area (Å²) < 4.78 is 11.6. The maximum Gasteiger partial charge on any atom is 0.410 e. The van der Waals surface area contributed by atoms with Gasteiger partial charge in [0.2, 0.25) is 5.91 Å². The van der Waals surface area contributed by atoms with Gasteiger partial charge in [-0.3, -0.25) is 9.78 Å². The van der Waals surface area contributed by atoms with E-state index in [9.17, 15) is 9.59 Å².